The third kappa shape index (κ3) is 18.9. The summed E-state index contributed by atoms with van der Waals surface area (Å²) in [6.45, 7) is 22.2. The van der Waals surface area contributed by atoms with Gasteiger partial charge in [0.1, 0.15) is 23.0 Å². The van der Waals surface area contributed by atoms with E-state index in [-0.39, 0.29) is 34.3 Å². The van der Waals surface area contributed by atoms with E-state index < -0.39 is 11.9 Å². The first-order chi connectivity index (χ1) is 27.4. The normalized spacial score (nSPS) is 12.3. The topological polar surface area (TPSA) is 124 Å². The van der Waals surface area contributed by atoms with Gasteiger partial charge in [-0.25, -0.2) is 9.59 Å². The molecule has 0 aliphatic rings. The average Bonchev–Trinajstić information content (AvgIpc) is 3.17. The number of benzene rings is 3. The summed E-state index contributed by atoms with van der Waals surface area (Å²) in [5.74, 6) is 0.284. The lowest BCUT2D eigenvalue weighted by Gasteiger charge is -2.33. The Morgan fingerprint density at radius 1 is 0.603 bits per heavy atom. The lowest BCUT2D eigenvalue weighted by molar-refractivity contribution is -0.154. The van der Waals surface area contributed by atoms with Crippen LogP contribution in [0.4, 0.5) is 0 Å². The van der Waals surface area contributed by atoms with Gasteiger partial charge in [0.25, 0.3) is 0 Å². The summed E-state index contributed by atoms with van der Waals surface area (Å²) in [5.41, 5.74) is 1.01. The maximum Gasteiger partial charge on any atom is 0.343 e. The van der Waals surface area contributed by atoms with E-state index in [1.54, 1.807) is 73.7 Å². The lowest BCUT2D eigenvalue weighted by atomic mass is 9.72. The first-order valence-electron chi connectivity index (χ1n) is 20.5. The predicted molar refractivity (Wildman–Crippen MR) is 232 cm³/mol. The van der Waals surface area contributed by atoms with E-state index in [2.05, 4.69) is 64.6 Å². The molecule has 10 nitrogen and oxygen atoms in total. The highest BCUT2D eigenvalue weighted by molar-refractivity contribution is 7.19. The number of esters is 4. The Bertz CT molecular complexity index is 1710. The molecule has 0 saturated heterocycles. The van der Waals surface area contributed by atoms with Gasteiger partial charge in [0.05, 0.1) is 49.1 Å². The fraction of sp³-hybridized carbons (Fsp3) is 0.532. The molecule has 0 saturated carbocycles. The number of ether oxygens (including phenoxy) is 6. The van der Waals surface area contributed by atoms with Crippen molar-refractivity contribution in [3.8, 4) is 23.0 Å². The first kappa shape index (κ1) is 49.7. The van der Waals surface area contributed by atoms with Crippen molar-refractivity contribution >= 4 is 33.1 Å². The maximum atomic E-state index is 12.9. The van der Waals surface area contributed by atoms with Gasteiger partial charge < -0.3 is 28.4 Å². The van der Waals surface area contributed by atoms with Gasteiger partial charge in [-0.05, 0) is 129 Å². The molecule has 3 unspecified atom stereocenters. The molecular weight excluding hydrogens is 755 g/mol. The second-order valence-electron chi connectivity index (χ2n) is 16.6. The molecular formula is C47H67O10P. The van der Waals surface area contributed by atoms with Gasteiger partial charge >= 0.3 is 23.9 Å². The molecule has 3 rings (SSSR count). The molecule has 0 aliphatic carbocycles. The standard InChI is InChI=1S/C44H59O10P.C3H8/c1-9-38(55)42(48)52-27-13-11-25-50-33-18-14-31(15-19-33)39(45)53-35-22-23-37(30(2)28-35)54-40(46)32-16-20-34(21-17-32)49-24-10-12-26-51-41(47)36(44(6,7)8)29-43(3,4)5;1-3-2/h14-23,28,36,38H,9-13,24-27,29,55H2,1-8H3;3H2,1-2H3. The summed E-state index contributed by atoms with van der Waals surface area (Å²) in [6.07, 6.45) is 5.55. The molecule has 0 radical (unpaired) electrons. The van der Waals surface area contributed by atoms with Gasteiger partial charge in [-0.2, -0.15) is 0 Å². The number of carbonyl (C=O) groups is 4. The molecule has 0 bridgehead atoms. The van der Waals surface area contributed by atoms with Crippen LogP contribution in [-0.4, -0.2) is 56.0 Å². The molecule has 0 fully saturated rings. The zero-order chi connectivity index (χ0) is 43.3. The van der Waals surface area contributed by atoms with E-state index in [0.717, 1.165) is 19.3 Å². The number of unbranched alkanes of at least 4 members (excludes halogenated alkanes) is 2. The van der Waals surface area contributed by atoms with Crippen LogP contribution in [0.15, 0.2) is 66.7 Å². The summed E-state index contributed by atoms with van der Waals surface area (Å²) < 4.78 is 33.6. The molecule has 0 N–H and O–H groups in total. The fourth-order valence-corrected chi connectivity index (χ4v) is 5.46. The van der Waals surface area contributed by atoms with Crippen LogP contribution in [0.2, 0.25) is 0 Å². The molecule has 11 heteroatoms. The van der Waals surface area contributed by atoms with Crippen LogP contribution < -0.4 is 18.9 Å². The van der Waals surface area contributed by atoms with Gasteiger partial charge in [0.2, 0.25) is 0 Å². The quantitative estimate of drug-likeness (QED) is 0.0471. The van der Waals surface area contributed by atoms with Crippen molar-refractivity contribution in [3.63, 3.8) is 0 Å². The number of rotatable bonds is 20. The molecule has 0 aliphatic heterocycles. The summed E-state index contributed by atoms with van der Waals surface area (Å²) >= 11 is 0. The van der Waals surface area contributed by atoms with E-state index in [1.807, 2.05) is 6.92 Å². The molecule has 0 heterocycles. The highest BCUT2D eigenvalue weighted by atomic mass is 31.0. The summed E-state index contributed by atoms with van der Waals surface area (Å²) in [6, 6.07) is 18.1. The number of aryl methyl sites for hydroxylation is 1. The van der Waals surface area contributed by atoms with E-state index >= 15 is 0 Å². The second kappa shape index (κ2) is 25.1. The molecule has 58 heavy (non-hydrogen) atoms. The van der Waals surface area contributed by atoms with Crippen LogP contribution >= 0.6 is 9.24 Å². The highest BCUT2D eigenvalue weighted by Gasteiger charge is 2.35. The Morgan fingerprint density at radius 2 is 1.03 bits per heavy atom. The highest BCUT2D eigenvalue weighted by Crippen LogP contribution is 2.37. The average molecular weight is 823 g/mol. The SMILES string of the molecule is CCC.CCC(P)C(=O)OCCCCOc1ccc(C(=O)Oc2ccc(OC(=O)c3ccc(OCCCCOC(=O)C(CC(C)(C)C)C(C)(C)C)cc3)c(C)c2)cc1. The van der Waals surface area contributed by atoms with Crippen molar-refractivity contribution in [1.82, 2.24) is 0 Å². The number of carbonyl (C=O) groups excluding carboxylic acids is 4. The number of hydrogen-bond acceptors (Lipinski definition) is 10. The van der Waals surface area contributed by atoms with Crippen molar-refractivity contribution in [3.05, 3.63) is 83.4 Å². The van der Waals surface area contributed by atoms with Crippen molar-refractivity contribution in [2.75, 3.05) is 26.4 Å². The molecule has 3 aromatic rings. The van der Waals surface area contributed by atoms with Crippen LogP contribution in [0.3, 0.4) is 0 Å². The summed E-state index contributed by atoms with van der Waals surface area (Å²) in [7, 11) is 2.48. The van der Waals surface area contributed by atoms with Crippen LogP contribution in [0.25, 0.3) is 0 Å². The van der Waals surface area contributed by atoms with E-state index in [0.29, 0.717) is 85.4 Å². The van der Waals surface area contributed by atoms with Crippen LogP contribution in [0.1, 0.15) is 134 Å². The Kier molecular flexibility index (Phi) is 21.6. The Labute approximate surface area is 349 Å². The summed E-state index contributed by atoms with van der Waals surface area (Å²) in [4.78, 5) is 50.2. The smallest absolute Gasteiger partial charge is 0.343 e. The Morgan fingerprint density at radius 3 is 1.47 bits per heavy atom. The second-order valence-corrected chi connectivity index (χ2v) is 17.4. The van der Waals surface area contributed by atoms with Crippen LogP contribution in [-0.2, 0) is 19.1 Å². The summed E-state index contributed by atoms with van der Waals surface area (Å²) in [5, 5.41) is 0. The molecule has 3 aromatic carbocycles. The van der Waals surface area contributed by atoms with Gasteiger partial charge in [0.15, 0.2) is 0 Å². The zero-order valence-electron chi connectivity index (χ0n) is 36.4. The van der Waals surface area contributed by atoms with Gasteiger partial charge in [-0.15, -0.1) is 9.24 Å². The molecule has 320 valence electrons. The zero-order valence-corrected chi connectivity index (χ0v) is 37.6. The number of hydrogen-bond donors (Lipinski definition) is 0. The van der Waals surface area contributed by atoms with Gasteiger partial charge in [-0.3, -0.25) is 9.59 Å². The lowest BCUT2D eigenvalue weighted by Crippen LogP contribution is -2.33. The third-order valence-electron chi connectivity index (χ3n) is 8.73. The minimum absolute atomic E-state index is 0.0311. The van der Waals surface area contributed by atoms with E-state index in [4.69, 9.17) is 28.4 Å². The minimum atomic E-state index is -0.538. The van der Waals surface area contributed by atoms with Crippen LogP contribution in [0.5, 0.6) is 23.0 Å². The third-order valence-corrected chi connectivity index (χ3v) is 9.48. The molecule has 0 aromatic heterocycles. The van der Waals surface area contributed by atoms with Gasteiger partial charge in [-0.1, -0.05) is 68.7 Å². The van der Waals surface area contributed by atoms with Crippen molar-refractivity contribution < 1.29 is 47.6 Å². The molecule has 3 atom stereocenters. The largest absolute Gasteiger partial charge is 0.494 e. The van der Waals surface area contributed by atoms with E-state index in [9.17, 15) is 19.2 Å². The first-order valence-corrected chi connectivity index (χ1v) is 21.1. The maximum absolute atomic E-state index is 12.9. The van der Waals surface area contributed by atoms with Crippen molar-refractivity contribution in [1.29, 1.82) is 0 Å². The monoisotopic (exact) mass is 822 g/mol. The predicted octanol–water partition coefficient (Wildman–Crippen LogP) is 11.0. The minimum Gasteiger partial charge on any atom is -0.494 e. The van der Waals surface area contributed by atoms with Crippen molar-refractivity contribution in [2.45, 2.75) is 120 Å². The van der Waals surface area contributed by atoms with Gasteiger partial charge in [0, 0.05) is 0 Å². The van der Waals surface area contributed by atoms with E-state index in [1.165, 1.54) is 6.42 Å². The van der Waals surface area contributed by atoms with Crippen molar-refractivity contribution in [2.24, 2.45) is 16.7 Å². The Balaban J connectivity index is 0.00000374. The van der Waals surface area contributed by atoms with Crippen LogP contribution in [0, 0.1) is 23.7 Å². The molecule has 0 amide bonds. The molecule has 0 spiro atoms. The fourth-order valence-electron chi connectivity index (χ4n) is 5.36. The Hall–Kier alpha value is -4.43.